The molecular weight excluding hydrogens is 482 g/mol. The van der Waals surface area contributed by atoms with Crippen LogP contribution in [0.2, 0.25) is 0 Å². The van der Waals surface area contributed by atoms with Crippen molar-refractivity contribution in [2.75, 3.05) is 26.2 Å². The van der Waals surface area contributed by atoms with Crippen LogP contribution in [0.1, 0.15) is 35.2 Å². The maximum absolute atomic E-state index is 12.8. The number of carboxylic acids is 1. The minimum atomic E-state index is -3.79. The van der Waals surface area contributed by atoms with Crippen molar-refractivity contribution in [3.8, 4) is 17.2 Å². The quantitative estimate of drug-likeness (QED) is 0.415. The summed E-state index contributed by atoms with van der Waals surface area (Å²) in [5.41, 5.74) is 4.72. The van der Waals surface area contributed by atoms with Crippen LogP contribution in [-0.2, 0) is 28.0 Å². The molecule has 192 valence electrons. The van der Waals surface area contributed by atoms with Gasteiger partial charge in [0.1, 0.15) is 30.9 Å². The zero-order valence-corrected chi connectivity index (χ0v) is 21.3. The van der Waals surface area contributed by atoms with E-state index in [4.69, 9.17) is 9.15 Å². The highest BCUT2D eigenvalue weighted by Gasteiger charge is 2.32. The summed E-state index contributed by atoms with van der Waals surface area (Å²) in [5.74, 6) is 0.0251. The van der Waals surface area contributed by atoms with Gasteiger partial charge < -0.3 is 14.3 Å². The van der Waals surface area contributed by atoms with Gasteiger partial charge in [0.2, 0.25) is 5.89 Å². The number of aliphatic carboxylic acids is 1. The van der Waals surface area contributed by atoms with E-state index in [9.17, 15) is 18.3 Å². The lowest BCUT2D eigenvalue weighted by molar-refractivity contribution is -0.137. The lowest BCUT2D eigenvalue weighted by atomic mass is 10.1. The van der Waals surface area contributed by atoms with Crippen molar-refractivity contribution in [2.45, 2.75) is 39.7 Å². The van der Waals surface area contributed by atoms with Crippen LogP contribution in [0.15, 0.2) is 53.1 Å². The van der Waals surface area contributed by atoms with Crippen LogP contribution in [0.25, 0.3) is 11.5 Å². The molecule has 1 aliphatic heterocycles. The third kappa shape index (κ3) is 6.31. The molecule has 0 atom stereocenters. The highest BCUT2D eigenvalue weighted by Crippen LogP contribution is 2.24. The highest BCUT2D eigenvalue weighted by molar-refractivity contribution is 7.86. The number of hydrogen-bond donors (Lipinski definition) is 1. The van der Waals surface area contributed by atoms with Crippen molar-refractivity contribution in [3.05, 3.63) is 71.1 Å². The number of nitrogens with zero attached hydrogens (tertiary/aromatic N) is 3. The fourth-order valence-electron chi connectivity index (χ4n) is 4.14. The lowest BCUT2D eigenvalue weighted by Crippen LogP contribution is -2.45. The molecule has 36 heavy (non-hydrogen) atoms. The second kappa shape index (κ2) is 11.2. The molecule has 0 aliphatic carbocycles. The molecule has 10 heteroatoms. The van der Waals surface area contributed by atoms with E-state index in [0.29, 0.717) is 36.8 Å². The predicted molar refractivity (Wildman–Crippen MR) is 135 cm³/mol. The Morgan fingerprint density at radius 3 is 2.56 bits per heavy atom. The van der Waals surface area contributed by atoms with Gasteiger partial charge in [0.15, 0.2) is 0 Å². The van der Waals surface area contributed by atoms with Gasteiger partial charge in [-0.1, -0.05) is 29.8 Å². The topological polar surface area (TPSA) is 113 Å². The summed E-state index contributed by atoms with van der Waals surface area (Å²) in [6, 6.07) is 13.4. The van der Waals surface area contributed by atoms with Crippen LogP contribution < -0.4 is 4.74 Å². The minimum absolute atomic E-state index is 0.0887. The Morgan fingerprint density at radius 1 is 1.14 bits per heavy atom. The summed E-state index contributed by atoms with van der Waals surface area (Å²) < 4.78 is 39.6. The number of carbonyl (C=O) groups is 1. The zero-order chi connectivity index (χ0) is 25.7. The van der Waals surface area contributed by atoms with E-state index in [1.807, 2.05) is 44.2 Å². The summed E-state index contributed by atoms with van der Waals surface area (Å²) >= 11 is 0. The first-order valence-electron chi connectivity index (χ1n) is 11.9. The SMILES string of the molecule is Cc1ccc(C)c(-c2nc(COc3ccc(CCN(CC(=O)O)S(=O)(=O)N4CCCC4)cc3)co2)c1. The second-order valence-corrected chi connectivity index (χ2v) is 10.9. The van der Waals surface area contributed by atoms with E-state index in [1.54, 1.807) is 18.4 Å². The monoisotopic (exact) mass is 513 g/mol. The van der Waals surface area contributed by atoms with Gasteiger partial charge in [-0.2, -0.15) is 17.0 Å². The minimum Gasteiger partial charge on any atom is -0.487 e. The number of aryl methyl sites for hydroxylation is 2. The van der Waals surface area contributed by atoms with E-state index in [2.05, 4.69) is 4.98 Å². The average Bonchev–Trinajstić information content (AvgIpc) is 3.55. The normalized spacial score (nSPS) is 14.4. The van der Waals surface area contributed by atoms with Crippen molar-refractivity contribution in [2.24, 2.45) is 0 Å². The van der Waals surface area contributed by atoms with Crippen molar-refractivity contribution in [3.63, 3.8) is 0 Å². The number of aromatic nitrogens is 1. The largest absolute Gasteiger partial charge is 0.487 e. The molecule has 4 rings (SSSR count). The maximum atomic E-state index is 12.8. The number of hydrogen-bond acceptors (Lipinski definition) is 6. The standard InChI is InChI=1S/C26H31N3O6S/c1-19-5-6-20(2)24(15-19)26-27-22(18-35-26)17-34-23-9-7-21(8-10-23)11-14-29(16-25(30)31)36(32,33)28-12-3-4-13-28/h5-10,15,18H,3-4,11-14,16-17H2,1-2H3,(H,30,31). The number of rotatable bonds is 11. The zero-order valence-electron chi connectivity index (χ0n) is 20.5. The summed E-state index contributed by atoms with van der Waals surface area (Å²) in [4.78, 5) is 15.8. The third-order valence-corrected chi connectivity index (χ3v) is 8.15. The molecule has 2 aromatic carbocycles. The molecule has 1 aromatic heterocycles. The Balaban J connectivity index is 1.34. The van der Waals surface area contributed by atoms with Crippen LogP contribution in [0.4, 0.5) is 0 Å². The molecule has 1 aliphatic rings. The molecule has 0 radical (unpaired) electrons. The molecule has 0 bridgehead atoms. The van der Waals surface area contributed by atoms with Crippen molar-refractivity contribution in [1.82, 2.24) is 13.6 Å². The first-order valence-corrected chi connectivity index (χ1v) is 13.3. The van der Waals surface area contributed by atoms with Gasteiger partial charge in [-0.05, 0) is 62.4 Å². The van der Waals surface area contributed by atoms with Gasteiger partial charge in [-0.15, -0.1) is 0 Å². The molecule has 1 fully saturated rings. The third-order valence-electron chi connectivity index (χ3n) is 6.16. The van der Waals surface area contributed by atoms with Gasteiger partial charge in [-0.3, -0.25) is 4.79 Å². The first-order chi connectivity index (χ1) is 17.2. The van der Waals surface area contributed by atoms with Crippen LogP contribution in [0.3, 0.4) is 0 Å². The number of benzene rings is 2. The molecule has 9 nitrogen and oxygen atoms in total. The van der Waals surface area contributed by atoms with Gasteiger partial charge in [0, 0.05) is 25.2 Å². The Kier molecular flexibility index (Phi) is 8.07. The van der Waals surface area contributed by atoms with Gasteiger partial charge in [-0.25, -0.2) is 4.98 Å². The van der Waals surface area contributed by atoms with Crippen LogP contribution in [0, 0.1) is 13.8 Å². The Labute approximate surface area is 211 Å². The Morgan fingerprint density at radius 2 is 1.86 bits per heavy atom. The van der Waals surface area contributed by atoms with Crippen molar-refractivity contribution < 1.29 is 27.5 Å². The second-order valence-electron chi connectivity index (χ2n) is 8.99. The molecule has 1 saturated heterocycles. The smallest absolute Gasteiger partial charge is 0.318 e. The maximum Gasteiger partial charge on any atom is 0.318 e. The highest BCUT2D eigenvalue weighted by atomic mass is 32.2. The van der Waals surface area contributed by atoms with E-state index in [0.717, 1.165) is 39.4 Å². The lowest BCUT2D eigenvalue weighted by Gasteiger charge is -2.26. The Bertz CT molecular complexity index is 1300. The van der Waals surface area contributed by atoms with Crippen molar-refractivity contribution >= 4 is 16.2 Å². The summed E-state index contributed by atoms with van der Waals surface area (Å²) in [5, 5.41) is 9.22. The van der Waals surface area contributed by atoms with E-state index < -0.39 is 22.7 Å². The first kappa shape index (κ1) is 25.9. The molecule has 0 amide bonds. The van der Waals surface area contributed by atoms with E-state index in [-0.39, 0.29) is 13.2 Å². The van der Waals surface area contributed by atoms with Crippen LogP contribution in [-0.4, -0.2) is 59.3 Å². The van der Waals surface area contributed by atoms with Gasteiger partial charge in [0.25, 0.3) is 10.2 Å². The predicted octanol–water partition coefficient (Wildman–Crippen LogP) is 3.81. The summed E-state index contributed by atoms with van der Waals surface area (Å²) in [6.07, 6.45) is 3.57. The fraction of sp³-hybridized carbons (Fsp3) is 0.385. The number of carboxylic acid groups (broad SMARTS) is 1. The Hall–Kier alpha value is -3.21. The number of ether oxygens (including phenoxy) is 1. The molecule has 0 spiro atoms. The molecule has 1 N–H and O–H groups in total. The van der Waals surface area contributed by atoms with Gasteiger partial charge >= 0.3 is 5.97 Å². The molecule has 0 saturated carbocycles. The van der Waals surface area contributed by atoms with Crippen LogP contribution in [0.5, 0.6) is 5.75 Å². The summed E-state index contributed by atoms with van der Waals surface area (Å²) in [6.45, 7) is 4.68. The fourth-order valence-corrected chi connectivity index (χ4v) is 5.78. The molecule has 3 aromatic rings. The summed E-state index contributed by atoms with van der Waals surface area (Å²) in [7, 11) is -3.79. The van der Waals surface area contributed by atoms with E-state index >= 15 is 0 Å². The molecule has 2 heterocycles. The number of oxazole rings is 1. The van der Waals surface area contributed by atoms with Crippen LogP contribution >= 0.6 is 0 Å². The molecule has 0 unspecified atom stereocenters. The molecular formula is C26H31N3O6S. The van der Waals surface area contributed by atoms with E-state index in [1.165, 1.54) is 4.31 Å². The van der Waals surface area contributed by atoms with Gasteiger partial charge in [0.05, 0.1) is 0 Å². The average molecular weight is 514 g/mol. The van der Waals surface area contributed by atoms with Crippen molar-refractivity contribution in [1.29, 1.82) is 0 Å².